The number of carbonyl (C=O) groups is 1. The SMILES string of the molecule is O=C(Cc1ccc(C(F)(F)F)cc1)N[C@@H]1CC[C@@H]2OCCO[C@H]2C1. The topological polar surface area (TPSA) is 47.6 Å². The first-order valence-electron chi connectivity index (χ1n) is 8.10. The van der Waals surface area contributed by atoms with E-state index in [1.807, 2.05) is 0 Å². The molecule has 3 rings (SSSR count). The predicted molar refractivity (Wildman–Crippen MR) is 80.4 cm³/mol. The van der Waals surface area contributed by atoms with Crippen molar-refractivity contribution in [2.24, 2.45) is 0 Å². The standard InChI is InChI=1S/C17H20F3NO3/c18-17(19,20)12-3-1-11(2-4-12)9-16(22)21-13-5-6-14-15(10-13)24-8-7-23-14/h1-4,13-15H,5-10H2,(H,21,22)/t13-,14+,15+/m1/s1. The average molecular weight is 343 g/mol. The van der Waals surface area contributed by atoms with Crippen LogP contribution in [0.1, 0.15) is 30.4 Å². The second kappa shape index (κ2) is 7.11. The number of hydrogen-bond donors (Lipinski definition) is 1. The van der Waals surface area contributed by atoms with Crippen LogP contribution >= 0.6 is 0 Å². The lowest BCUT2D eigenvalue weighted by molar-refractivity contribution is -0.158. The molecule has 4 nitrogen and oxygen atoms in total. The summed E-state index contributed by atoms with van der Waals surface area (Å²) >= 11 is 0. The molecular weight excluding hydrogens is 323 g/mol. The van der Waals surface area contributed by atoms with Crippen molar-refractivity contribution in [1.29, 1.82) is 0 Å². The number of carbonyl (C=O) groups excluding carboxylic acids is 1. The molecule has 0 bridgehead atoms. The molecule has 1 aromatic rings. The Bertz CT molecular complexity index is 573. The molecule has 1 aliphatic heterocycles. The molecule has 0 unspecified atom stereocenters. The van der Waals surface area contributed by atoms with Gasteiger partial charge in [-0.2, -0.15) is 13.2 Å². The van der Waals surface area contributed by atoms with E-state index in [-0.39, 0.29) is 30.6 Å². The van der Waals surface area contributed by atoms with Crippen LogP contribution in [-0.4, -0.2) is 37.4 Å². The molecule has 7 heteroatoms. The third-order valence-electron chi connectivity index (χ3n) is 4.49. The fraction of sp³-hybridized carbons (Fsp3) is 0.588. The molecular formula is C17H20F3NO3. The van der Waals surface area contributed by atoms with Crippen molar-refractivity contribution in [2.45, 2.75) is 50.1 Å². The van der Waals surface area contributed by atoms with Crippen molar-refractivity contribution in [3.05, 3.63) is 35.4 Å². The molecule has 1 amide bonds. The van der Waals surface area contributed by atoms with E-state index in [1.165, 1.54) is 12.1 Å². The normalized spacial score (nSPS) is 27.4. The van der Waals surface area contributed by atoms with Crippen LogP contribution in [0.15, 0.2) is 24.3 Å². The molecule has 2 fully saturated rings. The first kappa shape index (κ1) is 17.2. The Hall–Kier alpha value is -1.60. The predicted octanol–water partition coefficient (Wildman–Crippen LogP) is 2.70. The van der Waals surface area contributed by atoms with Gasteiger partial charge in [-0.15, -0.1) is 0 Å². The van der Waals surface area contributed by atoms with Crippen LogP contribution in [0.2, 0.25) is 0 Å². The van der Waals surface area contributed by atoms with Gasteiger partial charge in [-0.3, -0.25) is 4.79 Å². The summed E-state index contributed by atoms with van der Waals surface area (Å²) in [5, 5.41) is 2.95. The van der Waals surface area contributed by atoms with Crippen LogP contribution in [-0.2, 0) is 26.9 Å². The molecule has 24 heavy (non-hydrogen) atoms. The van der Waals surface area contributed by atoms with Crippen molar-refractivity contribution >= 4 is 5.91 Å². The minimum absolute atomic E-state index is 0.0175. The highest BCUT2D eigenvalue weighted by Gasteiger charge is 2.34. The first-order chi connectivity index (χ1) is 11.4. The van der Waals surface area contributed by atoms with Gasteiger partial charge >= 0.3 is 6.18 Å². The highest BCUT2D eigenvalue weighted by molar-refractivity contribution is 5.78. The zero-order valence-electron chi connectivity index (χ0n) is 13.1. The Balaban J connectivity index is 1.50. The van der Waals surface area contributed by atoms with E-state index < -0.39 is 11.7 Å². The summed E-state index contributed by atoms with van der Waals surface area (Å²) < 4.78 is 48.9. The van der Waals surface area contributed by atoms with Crippen LogP contribution in [0.5, 0.6) is 0 Å². The highest BCUT2D eigenvalue weighted by atomic mass is 19.4. The molecule has 3 atom stereocenters. The Morgan fingerprint density at radius 2 is 1.75 bits per heavy atom. The lowest BCUT2D eigenvalue weighted by atomic mass is 9.89. The fourth-order valence-corrected chi connectivity index (χ4v) is 3.27. The Morgan fingerprint density at radius 1 is 1.08 bits per heavy atom. The lowest BCUT2D eigenvalue weighted by Crippen LogP contribution is -2.49. The van der Waals surface area contributed by atoms with Gasteiger partial charge in [0.25, 0.3) is 0 Å². The molecule has 1 N–H and O–H groups in total. The molecule has 2 aliphatic rings. The lowest BCUT2D eigenvalue weighted by Gasteiger charge is -2.39. The number of alkyl halides is 3. The van der Waals surface area contributed by atoms with Gasteiger partial charge in [-0.1, -0.05) is 12.1 Å². The van der Waals surface area contributed by atoms with Crippen molar-refractivity contribution in [3.63, 3.8) is 0 Å². The quantitative estimate of drug-likeness (QED) is 0.918. The number of halogens is 3. The van der Waals surface area contributed by atoms with Gasteiger partial charge in [0.1, 0.15) is 0 Å². The van der Waals surface area contributed by atoms with E-state index in [1.54, 1.807) is 0 Å². The maximum atomic E-state index is 12.5. The largest absolute Gasteiger partial charge is 0.416 e. The molecule has 0 spiro atoms. The molecule has 132 valence electrons. The van der Waals surface area contributed by atoms with E-state index >= 15 is 0 Å². The van der Waals surface area contributed by atoms with Gasteiger partial charge in [0.05, 0.1) is 37.4 Å². The molecule has 1 aliphatic carbocycles. The number of benzene rings is 1. The monoisotopic (exact) mass is 343 g/mol. The number of rotatable bonds is 3. The van der Waals surface area contributed by atoms with Crippen molar-refractivity contribution in [3.8, 4) is 0 Å². The number of hydrogen-bond acceptors (Lipinski definition) is 3. The van der Waals surface area contributed by atoms with Gasteiger partial charge in [-0.05, 0) is 37.0 Å². The summed E-state index contributed by atoms with van der Waals surface area (Å²) in [5.74, 6) is -0.185. The fourth-order valence-electron chi connectivity index (χ4n) is 3.27. The van der Waals surface area contributed by atoms with Crippen LogP contribution in [0.3, 0.4) is 0 Å². The summed E-state index contributed by atoms with van der Waals surface area (Å²) in [7, 11) is 0. The maximum Gasteiger partial charge on any atom is 0.416 e. The number of amides is 1. The number of nitrogens with one attached hydrogen (secondary N) is 1. The third kappa shape index (κ3) is 4.27. The van der Waals surface area contributed by atoms with Gasteiger partial charge in [0.2, 0.25) is 5.91 Å². The third-order valence-corrected chi connectivity index (χ3v) is 4.49. The number of ether oxygens (including phenoxy) is 2. The van der Waals surface area contributed by atoms with Gasteiger partial charge in [0, 0.05) is 6.04 Å². The van der Waals surface area contributed by atoms with E-state index in [2.05, 4.69) is 5.32 Å². The Morgan fingerprint density at radius 3 is 2.42 bits per heavy atom. The zero-order chi connectivity index (χ0) is 17.2. The van der Waals surface area contributed by atoms with E-state index in [4.69, 9.17) is 9.47 Å². The van der Waals surface area contributed by atoms with Gasteiger partial charge in [0.15, 0.2) is 0 Å². The molecule has 1 saturated heterocycles. The maximum absolute atomic E-state index is 12.5. The summed E-state index contributed by atoms with van der Waals surface area (Å²) in [6, 6.07) is 4.71. The van der Waals surface area contributed by atoms with Crippen molar-refractivity contribution in [2.75, 3.05) is 13.2 Å². The number of fused-ring (bicyclic) bond motifs is 1. The minimum Gasteiger partial charge on any atom is -0.373 e. The summed E-state index contributed by atoms with van der Waals surface area (Å²) in [6.07, 6.45) is -1.78. The van der Waals surface area contributed by atoms with Crippen molar-refractivity contribution < 1.29 is 27.4 Å². The average Bonchev–Trinajstić information content (AvgIpc) is 2.54. The summed E-state index contributed by atoms with van der Waals surface area (Å²) in [4.78, 5) is 12.1. The summed E-state index contributed by atoms with van der Waals surface area (Å²) in [5.41, 5.74) is -0.147. The molecule has 0 radical (unpaired) electrons. The second-order valence-corrected chi connectivity index (χ2v) is 6.27. The van der Waals surface area contributed by atoms with Gasteiger partial charge in [-0.25, -0.2) is 0 Å². The summed E-state index contributed by atoms with van der Waals surface area (Å²) in [6.45, 7) is 1.19. The highest BCUT2D eigenvalue weighted by Crippen LogP contribution is 2.29. The molecule has 1 heterocycles. The van der Waals surface area contributed by atoms with E-state index in [0.29, 0.717) is 25.2 Å². The smallest absolute Gasteiger partial charge is 0.373 e. The molecule has 1 saturated carbocycles. The van der Waals surface area contributed by atoms with Crippen molar-refractivity contribution in [1.82, 2.24) is 5.32 Å². The van der Waals surface area contributed by atoms with E-state index in [0.717, 1.165) is 25.0 Å². The van der Waals surface area contributed by atoms with Crippen LogP contribution in [0.4, 0.5) is 13.2 Å². The molecule has 1 aromatic carbocycles. The zero-order valence-corrected chi connectivity index (χ0v) is 13.1. The first-order valence-corrected chi connectivity index (χ1v) is 8.10. The van der Waals surface area contributed by atoms with Crippen LogP contribution < -0.4 is 5.32 Å². The van der Waals surface area contributed by atoms with Crippen LogP contribution in [0, 0.1) is 0 Å². The van der Waals surface area contributed by atoms with E-state index in [9.17, 15) is 18.0 Å². The van der Waals surface area contributed by atoms with Gasteiger partial charge < -0.3 is 14.8 Å². The Labute approximate surface area is 138 Å². The van der Waals surface area contributed by atoms with Crippen LogP contribution in [0.25, 0.3) is 0 Å². The second-order valence-electron chi connectivity index (χ2n) is 6.27. The molecule has 0 aromatic heterocycles. The Kier molecular flexibility index (Phi) is 5.10. The minimum atomic E-state index is -4.36.